The van der Waals surface area contributed by atoms with Crippen LogP contribution in [0.3, 0.4) is 0 Å². The number of hydrogen-bond acceptors (Lipinski definition) is 4. The molecule has 1 aliphatic heterocycles. The highest BCUT2D eigenvalue weighted by Gasteiger charge is 2.26. The number of nitrogens with one attached hydrogen (secondary N) is 2. The predicted octanol–water partition coefficient (Wildman–Crippen LogP) is 1.54. The van der Waals surface area contributed by atoms with Crippen molar-refractivity contribution in [1.82, 2.24) is 15.5 Å². The van der Waals surface area contributed by atoms with Gasteiger partial charge in [-0.1, -0.05) is 0 Å². The van der Waals surface area contributed by atoms with Gasteiger partial charge in [0.1, 0.15) is 11.5 Å². The Hall–Kier alpha value is -1.53. The lowest BCUT2D eigenvalue weighted by Gasteiger charge is -2.33. The Balaban J connectivity index is 1.60. The molecule has 0 amide bonds. The van der Waals surface area contributed by atoms with Crippen molar-refractivity contribution in [3.05, 3.63) is 23.7 Å². The van der Waals surface area contributed by atoms with E-state index in [4.69, 9.17) is 9.15 Å². The van der Waals surface area contributed by atoms with Crippen molar-refractivity contribution in [3.8, 4) is 0 Å². The van der Waals surface area contributed by atoms with Gasteiger partial charge < -0.3 is 19.8 Å². The summed E-state index contributed by atoms with van der Waals surface area (Å²) in [6.07, 6.45) is 2.68. The largest absolute Gasteiger partial charge is 0.465 e. The fraction of sp³-hybridized carbons (Fsp3) is 0.706. The van der Waals surface area contributed by atoms with Crippen LogP contribution in [-0.4, -0.2) is 57.3 Å². The molecule has 128 valence electrons. The third-order valence-corrected chi connectivity index (χ3v) is 4.52. The SMILES string of the molecule is CN=C(NCC1CC1)NCC(c1ccc(C)o1)N1CCOCC1. The summed E-state index contributed by atoms with van der Waals surface area (Å²) in [5.74, 6) is 3.67. The van der Waals surface area contributed by atoms with Crippen LogP contribution < -0.4 is 10.6 Å². The average Bonchev–Trinajstić information content (AvgIpc) is 3.32. The van der Waals surface area contributed by atoms with Crippen molar-refractivity contribution < 1.29 is 9.15 Å². The lowest BCUT2D eigenvalue weighted by atomic mass is 10.1. The van der Waals surface area contributed by atoms with Crippen molar-refractivity contribution in [2.24, 2.45) is 10.9 Å². The fourth-order valence-corrected chi connectivity index (χ4v) is 2.91. The molecule has 1 saturated carbocycles. The Morgan fingerprint density at radius 2 is 2.09 bits per heavy atom. The third kappa shape index (κ3) is 4.72. The molecule has 2 aliphatic rings. The number of hydrogen-bond donors (Lipinski definition) is 2. The summed E-state index contributed by atoms with van der Waals surface area (Å²) in [6.45, 7) is 7.21. The van der Waals surface area contributed by atoms with Crippen LogP contribution in [0.5, 0.6) is 0 Å². The number of ether oxygens (including phenoxy) is 1. The van der Waals surface area contributed by atoms with Crippen LogP contribution in [0, 0.1) is 12.8 Å². The summed E-state index contributed by atoms with van der Waals surface area (Å²) in [5, 5.41) is 6.87. The minimum atomic E-state index is 0.201. The van der Waals surface area contributed by atoms with E-state index in [1.165, 1.54) is 12.8 Å². The molecule has 1 unspecified atom stereocenters. The van der Waals surface area contributed by atoms with Gasteiger partial charge in [0.05, 0.1) is 19.3 Å². The van der Waals surface area contributed by atoms with E-state index in [9.17, 15) is 0 Å². The monoisotopic (exact) mass is 320 g/mol. The Morgan fingerprint density at radius 1 is 1.30 bits per heavy atom. The Morgan fingerprint density at radius 3 is 2.70 bits per heavy atom. The highest BCUT2D eigenvalue weighted by atomic mass is 16.5. The maximum absolute atomic E-state index is 5.89. The summed E-state index contributed by atoms with van der Waals surface area (Å²) in [4.78, 5) is 6.74. The highest BCUT2D eigenvalue weighted by molar-refractivity contribution is 5.79. The number of aryl methyl sites for hydroxylation is 1. The smallest absolute Gasteiger partial charge is 0.191 e. The molecule has 0 bridgehead atoms. The predicted molar refractivity (Wildman–Crippen MR) is 90.7 cm³/mol. The van der Waals surface area contributed by atoms with Gasteiger partial charge in [-0.3, -0.25) is 9.89 Å². The number of furan rings is 1. The number of nitrogens with zero attached hydrogens (tertiary/aromatic N) is 2. The molecule has 1 aliphatic carbocycles. The van der Waals surface area contributed by atoms with E-state index >= 15 is 0 Å². The minimum absolute atomic E-state index is 0.201. The van der Waals surface area contributed by atoms with Crippen LogP contribution in [0.2, 0.25) is 0 Å². The maximum Gasteiger partial charge on any atom is 0.191 e. The molecule has 0 spiro atoms. The molecule has 6 nitrogen and oxygen atoms in total. The van der Waals surface area contributed by atoms with E-state index in [2.05, 4.69) is 26.6 Å². The first kappa shape index (κ1) is 16.3. The Kier molecular flexibility index (Phi) is 5.56. The van der Waals surface area contributed by atoms with Gasteiger partial charge in [0, 0.05) is 33.2 Å². The van der Waals surface area contributed by atoms with Crippen molar-refractivity contribution >= 4 is 5.96 Å². The first-order valence-corrected chi connectivity index (χ1v) is 8.59. The minimum Gasteiger partial charge on any atom is -0.465 e. The van der Waals surface area contributed by atoms with Gasteiger partial charge in [-0.2, -0.15) is 0 Å². The van der Waals surface area contributed by atoms with Gasteiger partial charge in [-0.15, -0.1) is 0 Å². The zero-order valence-corrected chi connectivity index (χ0v) is 14.2. The summed E-state index contributed by atoms with van der Waals surface area (Å²) < 4.78 is 11.4. The zero-order valence-electron chi connectivity index (χ0n) is 14.2. The lowest BCUT2D eigenvalue weighted by Crippen LogP contribution is -2.46. The van der Waals surface area contributed by atoms with Crippen molar-refractivity contribution in [2.45, 2.75) is 25.8 Å². The summed E-state index contributed by atoms with van der Waals surface area (Å²) >= 11 is 0. The topological polar surface area (TPSA) is 62.0 Å². The van der Waals surface area contributed by atoms with E-state index in [0.717, 1.165) is 62.8 Å². The first-order chi connectivity index (χ1) is 11.3. The molecule has 0 aromatic carbocycles. The molecular weight excluding hydrogens is 292 g/mol. The summed E-state index contributed by atoms with van der Waals surface area (Å²) in [5.41, 5.74) is 0. The molecule has 1 aromatic heterocycles. The van der Waals surface area contributed by atoms with E-state index in [-0.39, 0.29) is 6.04 Å². The van der Waals surface area contributed by atoms with Crippen molar-refractivity contribution in [2.75, 3.05) is 46.4 Å². The van der Waals surface area contributed by atoms with Crippen LogP contribution in [0.25, 0.3) is 0 Å². The second-order valence-electron chi connectivity index (χ2n) is 6.39. The molecule has 1 aromatic rings. The van der Waals surface area contributed by atoms with Crippen LogP contribution in [0.1, 0.15) is 30.4 Å². The Bertz CT molecular complexity index is 518. The molecular formula is C17H28N4O2. The number of guanidine groups is 1. The molecule has 1 atom stereocenters. The normalized spacial score (nSPS) is 21.2. The van der Waals surface area contributed by atoms with Gasteiger partial charge in [0.2, 0.25) is 0 Å². The standard InChI is InChI=1S/C17H28N4O2/c1-13-3-6-16(23-13)15(21-7-9-22-10-8-21)12-20-17(18-2)19-11-14-4-5-14/h3,6,14-15H,4-5,7-12H2,1-2H3,(H2,18,19,20). The fourth-order valence-electron chi connectivity index (χ4n) is 2.91. The second-order valence-corrected chi connectivity index (χ2v) is 6.39. The third-order valence-electron chi connectivity index (χ3n) is 4.52. The van der Waals surface area contributed by atoms with Gasteiger partial charge in [-0.25, -0.2) is 0 Å². The summed E-state index contributed by atoms with van der Waals surface area (Å²) in [6, 6.07) is 4.31. The van der Waals surface area contributed by atoms with E-state index in [1.54, 1.807) is 0 Å². The van der Waals surface area contributed by atoms with Crippen molar-refractivity contribution in [1.29, 1.82) is 0 Å². The molecule has 6 heteroatoms. The van der Waals surface area contributed by atoms with Gasteiger partial charge in [-0.05, 0) is 37.8 Å². The maximum atomic E-state index is 5.89. The lowest BCUT2D eigenvalue weighted by molar-refractivity contribution is 0.0124. The van der Waals surface area contributed by atoms with E-state index in [0.29, 0.717) is 0 Å². The molecule has 2 N–H and O–H groups in total. The quantitative estimate of drug-likeness (QED) is 0.615. The average molecular weight is 320 g/mol. The first-order valence-electron chi connectivity index (χ1n) is 8.59. The van der Waals surface area contributed by atoms with Gasteiger partial charge >= 0.3 is 0 Å². The van der Waals surface area contributed by atoms with E-state index < -0.39 is 0 Å². The molecule has 0 radical (unpaired) electrons. The highest BCUT2D eigenvalue weighted by Crippen LogP contribution is 2.27. The molecule has 1 saturated heterocycles. The number of morpholine rings is 1. The van der Waals surface area contributed by atoms with Gasteiger partial charge in [0.25, 0.3) is 0 Å². The number of aliphatic imine (C=N–C) groups is 1. The molecule has 2 heterocycles. The second kappa shape index (κ2) is 7.84. The van der Waals surface area contributed by atoms with Crippen LogP contribution in [0.15, 0.2) is 21.5 Å². The summed E-state index contributed by atoms with van der Waals surface area (Å²) in [7, 11) is 1.82. The van der Waals surface area contributed by atoms with Crippen LogP contribution in [-0.2, 0) is 4.74 Å². The molecule has 3 rings (SSSR count). The molecule has 23 heavy (non-hydrogen) atoms. The molecule has 2 fully saturated rings. The Labute approximate surface area is 138 Å². The van der Waals surface area contributed by atoms with Crippen LogP contribution in [0.4, 0.5) is 0 Å². The zero-order chi connectivity index (χ0) is 16.1. The number of rotatable bonds is 6. The van der Waals surface area contributed by atoms with Gasteiger partial charge in [0.15, 0.2) is 5.96 Å². The van der Waals surface area contributed by atoms with E-state index in [1.807, 2.05) is 20.0 Å². The van der Waals surface area contributed by atoms with Crippen LogP contribution >= 0.6 is 0 Å². The van der Waals surface area contributed by atoms with Crippen molar-refractivity contribution in [3.63, 3.8) is 0 Å².